The highest BCUT2D eigenvalue weighted by Crippen LogP contribution is 2.20. The number of rotatable bonds is 7. The van der Waals surface area contributed by atoms with Crippen molar-refractivity contribution in [1.29, 1.82) is 0 Å². The number of aliphatic hydroxyl groups is 2. The molecule has 2 aromatic rings. The number of aliphatic hydroxyl groups excluding tert-OH is 2. The van der Waals surface area contributed by atoms with Gasteiger partial charge in [-0.15, -0.1) is 0 Å². The highest BCUT2D eigenvalue weighted by atomic mass is 35.5. The molecule has 0 saturated heterocycles. The van der Waals surface area contributed by atoms with E-state index in [2.05, 4.69) is 20.6 Å². The molecule has 24 heavy (non-hydrogen) atoms. The molecule has 0 spiro atoms. The van der Waals surface area contributed by atoms with Gasteiger partial charge in [-0.2, -0.15) is 0 Å². The SMILES string of the molecule is O=C(NCCO)c1c(Cl)cc(Nc2ccncn2)c(=O)n1CCO. The summed E-state index contributed by atoms with van der Waals surface area (Å²) >= 11 is 6.14. The Labute approximate surface area is 141 Å². The fraction of sp³-hybridized carbons (Fsp3) is 0.286. The van der Waals surface area contributed by atoms with E-state index in [0.717, 1.165) is 4.57 Å². The highest BCUT2D eigenvalue weighted by Gasteiger charge is 2.19. The van der Waals surface area contributed by atoms with Crippen molar-refractivity contribution in [3.8, 4) is 0 Å². The minimum atomic E-state index is -0.617. The van der Waals surface area contributed by atoms with E-state index in [-0.39, 0.29) is 42.7 Å². The number of hydrogen-bond acceptors (Lipinski definition) is 7. The minimum Gasteiger partial charge on any atom is -0.395 e. The first-order valence-corrected chi connectivity index (χ1v) is 7.42. The molecule has 0 unspecified atom stereocenters. The summed E-state index contributed by atoms with van der Waals surface area (Å²) in [5, 5.41) is 23.2. The van der Waals surface area contributed by atoms with Gasteiger partial charge >= 0.3 is 0 Å². The smallest absolute Gasteiger partial charge is 0.275 e. The van der Waals surface area contributed by atoms with Crippen LogP contribution in [-0.2, 0) is 6.54 Å². The van der Waals surface area contributed by atoms with Gasteiger partial charge in [0.15, 0.2) is 0 Å². The molecule has 0 aliphatic heterocycles. The lowest BCUT2D eigenvalue weighted by Gasteiger charge is -2.15. The summed E-state index contributed by atoms with van der Waals surface area (Å²) in [4.78, 5) is 32.4. The zero-order valence-electron chi connectivity index (χ0n) is 12.6. The Morgan fingerprint density at radius 2 is 2.12 bits per heavy atom. The molecule has 4 N–H and O–H groups in total. The number of pyridine rings is 1. The molecule has 0 saturated carbocycles. The van der Waals surface area contributed by atoms with Crippen molar-refractivity contribution in [2.45, 2.75) is 6.54 Å². The van der Waals surface area contributed by atoms with Crippen molar-refractivity contribution in [2.24, 2.45) is 0 Å². The van der Waals surface area contributed by atoms with Crippen LogP contribution in [0, 0.1) is 0 Å². The molecule has 0 aromatic carbocycles. The van der Waals surface area contributed by atoms with Gasteiger partial charge in [0.2, 0.25) is 0 Å². The lowest BCUT2D eigenvalue weighted by molar-refractivity contribution is 0.0933. The van der Waals surface area contributed by atoms with Crippen LogP contribution in [0.4, 0.5) is 11.5 Å². The number of nitrogens with one attached hydrogen (secondary N) is 2. The second kappa shape index (κ2) is 8.39. The quantitative estimate of drug-likeness (QED) is 0.540. The van der Waals surface area contributed by atoms with E-state index in [4.69, 9.17) is 16.7 Å². The Balaban J connectivity index is 2.45. The normalized spacial score (nSPS) is 10.5. The van der Waals surface area contributed by atoms with Crippen LogP contribution in [0.5, 0.6) is 0 Å². The van der Waals surface area contributed by atoms with Crippen LogP contribution in [0.15, 0.2) is 29.5 Å². The van der Waals surface area contributed by atoms with E-state index in [1.54, 1.807) is 6.07 Å². The maximum Gasteiger partial charge on any atom is 0.275 e. The molecule has 2 aromatic heterocycles. The Bertz CT molecular complexity index is 766. The van der Waals surface area contributed by atoms with Crippen molar-refractivity contribution < 1.29 is 15.0 Å². The molecule has 0 fully saturated rings. The van der Waals surface area contributed by atoms with E-state index in [0.29, 0.717) is 5.82 Å². The van der Waals surface area contributed by atoms with Crippen LogP contribution in [0.3, 0.4) is 0 Å². The largest absolute Gasteiger partial charge is 0.395 e. The summed E-state index contributed by atoms with van der Waals surface area (Å²) in [7, 11) is 0. The Kier molecular flexibility index (Phi) is 6.24. The number of carbonyl (C=O) groups is 1. The van der Waals surface area contributed by atoms with E-state index in [1.165, 1.54) is 18.6 Å². The van der Waals surface area contributed by atoms with E-state index >= 15 is 0 Å². The van der Waals surface area contributed by atoms with Gasteiger partial charge in [0.1, 0.15) is 23.5 Å². The Morgan fingerprint density at radius 3 is 2.75 bits per heavy atom. The van der Waals surface area contributed by atoms with Gasteiger partial charge in [0.25, 0.3) is 11.5 Å². The zero-order chi connectivity index (χ0) is 17.5. The van der Waals surface area contributed by atoms with Crippen molar-refractivity contribution in [2.75, 3.05) is 25.1 Å². The number of amides is 1. The molecule has 1 amide bonds. The van der Waals surface area contributed by atoms with Crippen LogP contribution in [0.25, 0.3) is 0 Å². The molecule has 2 rings (SSSR count). The topological polar surface area (TPSA) is 129 Å². The molecule has 128 valence electrons. The molecule has 0 radical (unpaired) electrons. The second-order valence-electron chi connectivity index (χ2n) is 4.63. The molecule has 0 atom stereocenters. The first-order valence-electron chi connectivity index (χ1n) is 7.04. The Morgan fingerprint density at radius 1 is 1.33 bits per heavy atom. The molecular weight excluding hydrogens is 338 g/mol. The highest BCUT2D eigenvalue weighted by molar-refractivity contribution is 6.33. The average Bonchev–Trinajstić information content (AvgIpc) is 2.58. The fourth-order valence-electron chi connectivity index (χ4n) is 2.02. The monoisotopic (exact) mass is 353 g/mol. The van der Waals surface area contributed by atoms with Crippen molar-refractivity contribution >= 4 is 29.0 Å². The average molecular weight is 354 g/mol. The van der Waals surface area contributed by atoms with Crippen LogP contribution in [0.2, 0.25) is 5.02 Å². The van der Waals surface area contributed by atoms with Crippen molar-refractivity contribution in [1.82, 2.24) is 19.9 Å². The van der Waals surface area contributed by atoms with Gasteiger partial charge in [0, 0.05) is 19.3 Å². The third kappa shape index (κ3) is 4.07. The number of aromatic nitrogens is 3. The predicted octanol–water partition coefficient (Wildman–Crippen LogP) is -0.250. The third-order valence-corrected chi connectivity index (χ3v) is 3.31. The van der Waals surface area contributed by atoms with Crippen LogP contribution in [0.1, 0.15) is 10.5 Å². The van der Waals surface area contributed by atoms with Crippen LogP contribution < -0.4 is 16.2 Å². The fourth-order valence-corrected chi connectivity index (χ4v) is 2.32. The molecule has 2 heterocycles. The predicted molar refractivity (Wildman–Crippen MR) is 87.5 cm³/mol. The summed E-state index contributed by atoms with van der Waals surface area (Å²) in [6, 6.07) is 2.87. The van der Waals surface area contributed by atoms with Gasteiger partial charge in [-0.1, -0.05) is 11.6 Å². The summed E-state index contributed by atoms with van der Waals surface area (Å²) in [5.41, 5.74) is -0.524. The third-order valence-electron chi connectivity index (χ3n) is 3.02. The number of carbonyl (C=O) groups excluding carboxylic acids is 1. The molecule has 0 aliphatic carbocycles. The Hall–Kier alpha value is -2.49. The van der Waals surface area contributed by atoms with E-state index in [9.17, 15) is 14.7 Å². The molecule has 0 bridgehead atoms. The lowest BCUT2D eigenvalue weighted by atomic mass is 10.2. The summed E-state index contributed by atoms with van der Waals surface area (Å²) in [6.07, 6.45) is 2.81. The summed E-state index contributed by atoms with van der Waals surface area (Å²) in [5.74, 6) is -0.237. The number of halogens is 1. The molecular formula is C14H16ClN5O4. The van der Waals surface area contributed by atoms with Crippen LogP contribution >= 0.6 is 11.6 Å². The first-order chi connectivity index (χ1) is 11.6. The molecule has 10 heteroatoms. The summed E-state index contributed by atoms with van der Waals surface area (Å²) in [6.45, 7) is -0.697. The van der Waals surface area contributed by atoms with Gasteiger partial charge < -0.3 is 20.8 Å². The van der Waals surface area contributed by atoms with Crippen molar-refractivity contribution in [3.05, 3.63) is 45.7 Å². The maximum atomic E-state index is 12.6. The number of nitrogens with zero attached hydrogens (tertiary/aromatic N) is 3. The van der Waals surface area contributed by atoms with Crippen LogP contribution in [-0.4, -0.2) is 50.4 Å². The van der Waals surface area contributed by atoms with E-state index in [1.807, 2.05) is 0 Å². The van der Waals surface area contributed by atoms with Gasteiger partial charge in [-0.05, 0) is 12.1 Å². The van der Waals surface area contributed by atoms with Gasteiger partial charge in [0.05, 0.1) is 18.2 Å². The van der Waals surface area contributed by atoms with Gasteiger partial charge in [-0.3, -0.25) is 14.2 Å². The lowest BCUT2D eigenvalue weighted by Crippen LogP contribution is -2.35. The number of hydrogen-bond donors (Lipinski definition) is 4. The standard InChI is InChI=1S/C14H16ClN5O4/c15-9-7-10(19-11-1-2-16-8-18-11)14(24)20(4-6-22)12(9)13(23)17-3-5-21/h1-2,7-8,21-22H,3-6H2,(H,17,23)(H,16,18,19). The van der Waals surface area contributed by atoms with E-state index < -0.39 is 11.5 Å². The number of anilines is 2. The molecule has 9 nitrogen and oxygen atoms in total. The zero-order valence-corrected chi connectivity index (χ0v) is 13.3. The minimum absolute atomic E-state index is 0.0173. The maximum absolute atomic E-state index is 12.6. The molecule has 0 aliphatic rings. The second-order valence-corrected chi connectivity index (χ2v) is 5.04. The van der Waals surface area contributed by atoms with Crippen molar-refractivity contribution in [3.63, 3.8) is 0 Å². The van der Waals surface area contributed by atoms with Gasteiger partial charge in [-0.25, -0.2) is 9.97 Å². The summed E-state index contributed by atoms with van der Waals surface area (Å²) < 4.78 is 1.07. The first kappa shape index (κ1) is 17.9.